The second-order valence-corrected chi connectivity index (χ2v) is 3.98. The van der Waals surface area contributed by atoms with Crippen molar-refractivity contribution in [3.8, 4) is 6.07 Å². The molecule has 0 heterocycles. The van der Waals surface area contributed by atoms with Crippen molar-refractivity contribution in [2.45, 2.75) is 11.8 Å². The Bertz CT molecular complexity index is 440. The number of hydrogen-bond donors (Lipinski definition) is 0. The number of nitriles is 1. The Kier molecular flexibility index (Phi) is 4.60. The maximum absolute atomic E-state index is 11.3. The lowest BCUT2D eigenvalue weighted by Crippen LogP contribution is -2.06. The fraction of sp³-hybridized carbons (Fsp3) is 0.273. The van der Waals surface area contributed by atoms with Gasteiger partial charge in [0.15, 0.2) is 0 Å². The number of rotatable bonds is 3. The zero-order valence-electron chi connectivity index (χ0n) is 8.54. The second kappa shape index (κ2) is 5.74. The highest BCUT2D eigenvalue weighted by molar-refractivity contribution is 6.34. The van der Waals surface area contributed by atoms with Gasteiger partial charge in [0.2, 0.25) is 0 Å². The molecule has 0 radical (unpaired) electrons. The fourth-order valence-corrected chi connectivity index (χ4v) is 1.69. The summed E-state index contributed by atoms with van der Waals surface area (Å²) in [5, 5.41) is 8.22. The van der Waals surface area contributed by atoms with Crippen LogP contribution in [-0.2, 0) is 11.2 Å². The molecule has 1 rings (SSSR count). The average molecular weight is 258 g/mol. The molecule has 0 aromatic heterocycles. The van der Waals surface area contributed by atoms with Crippen molar-refractivity contribution in [1.29, 1.82) is 5.26 Å². The molecule has 84 valence electrons. The summed E-state index contributed by atoms with van der Waals surface area (Å²) in [6.07, 6.45) is 0.293. The highest BCUT2D eigenvalue weighted by Gasteiger charge is 2.15. The molecule has 0 aliphatic heterocycles. The van der Waals surface area contributed by atoms with Crippen molar-refractivity contribution >= 4 is 29.2 Å². The van der Waals surface area contributed by atoms with Gasteiger partial charge in [0.05, 0.1) is 23.8 Å². The number of carbonyl (C=O) groups excluding carboxylic acids is 1. The Balaban J connectivity index is 3.05. The number of alkyl halides is 1. The van der Waals surface area contributed by atoms with Crippen molar-refractivity contribution < 1.29 is 9.53 Å². The van der Waals surface area contributed by atoms with E-state index in [9.17, 15) is 4.79 Å². The van der Waals surface area contributed by atoms with Gasteiger partial charge in [-0.05, 0) is 11.6 Å². The lowest BCUT2D eigenvalue weighted by atomic mass is 10.1. The van der Waals surface area contributed by atoms with Gasteiger partial charge < -0.3 is 4.74 Å². The highest BCUT2D eigenvalue weighted by atomic mass is 35.5. The van der Waals surface area contributed by atoms with Gasteiger partial charge in [0, 0.05) is 6.42 Å². The number of methoxy groups -OCH3 is 1. The monoisotopic (exact) mass is 257 g/mol. The van der Waals surface area contributed by atoms with Gasteiger partial charge in [0.1, 0.15) is 5.38 Å². The number of nitrogens with zero attached hydrogens (tertiary/aromatic N) is 1. The standard InChI is InChI=1S/C11H9Cl2NO2/c1-16-11(15)9-4-2-3-7(10(9)13)5-8(12)6-14/h2-4,8H,5H2,1H3. The molecule has 1 aromatic rings. The van der Waals surface area contributed by atoms with Crippen LogP contribution in [0.5, 0.6) is 0 Å². The van der Waals surface area contributed by atoms with E-state index < -0.39 is 11.3 Å². The van der Waals surface area contributed by atoms with Gasteiger partial charge in [-0.1, -0.05) is 23.7 Å². The summed E-state index contributed by atoms with van der Waals surface area (Å²) in [5.74, 6) is -0.505. The van der Waals surface area contributed by atoms with E-state index in [2.05, 4.69) is 4.74 Å². The molecule has 0 bridgehead atoms. The van der Waals surface area contributed by atoms with Crippen LogP contribution in [0.2, 0.25) is 5.02 Å². The quantitative estimate of drug-likeness (QED) is 0.618. The molecule has 0 saturated carbocycles. The maximum Gasteiger partial charge on any atom is 0.339 e. The first-order valence-corrected chi connectivity index (χ1v) is 5.31. The third kappa shape index (κ3) is 2.88. The molecule has 1 unspecified atom stereocenters. The molecule has 0 spiro atoms. The molecule has 0 fully saturated rings. The van der Waals surface area contributed by atoms with E-state index in [1.807, 2.05) is 6.07 Å². The van der Waals surface area contributed by atoms with Gasteiger partial charge in [-0.2, -0.15) is 5.26 Å². The summed E-state index contributed by atoms with van der Waals surface area (Å²) in [7, 11) is 1.28. The van der Waals surface area contributed by atoms with E-state index in [0.717, 1.165) is 0 Å². The number of esters is 1. The summed E-state index contributed by atoms with van der Waals surface area (Å²) >= 11 is 11.7. The molecule has 0 N–H and O–H groups in total. The Labute approximate surface area is 104 Å². The van der Waals surface area contributed by atoms with E-state index >= 15 is 0 Å². The number of ether oxygens (including phenoxy) is 1. The summed E-state index contributed by atoms with van der Waals surface area (Å²) in [6, 6.07) is 6.86. The first-order chi connectivity index (χ1) is 7.60. The Morgan fingerprint density at radius 2 is 2.31 bits per heavy atom. The third-order valence-corrected chi connectivity index (χ3v) is 2.72. The van der Waals surface area contributed by atoms with E-state index in [4.69, 9.17) is 28.5 Å². The van der Waals surface area contributed by atoms with Crippen LogP contribution in [0, 0.1) is 11.3 Å². The van der Waals surface area contributed by atoms with Crippen LogP contribution in [0.4, 0.5) is 0 Å². The minimum Gasteiger partial charge on any atom is -0.465 e. The van der Waals surface area contributed by atoms with E-state index in [0.29, 0.717) is 12.0 Å². The van der Waals surface area contributed by atoms with Crippen LogP contribution in [0.15, 0.2) is 18.2 Å². The molecular formula is C11H9Cl2NO2. The van der Waals surface area contributed by atoms with Gasteiger partial charge in [-0.3, -0.25) is 0 Å². The highest BCUT2D eigenvalue weighted by Crippen LogP contribution is 2.24. The van der Waals surface area contributed by atoms with Crippen LogP contribution < -0.4 is 0 Å². The van der Waals surface area contributed by atoms with Crippen LogP contribution in [-0.4, -0.2) is 18.5 Å². The summed E-state index contributed by atoms with van der Waals surface area (Å²) < 4.78 is 4.58. The number of hydrogen-bond acceptors (Lipinski definition) is 3. The predicted molar refractivity (Wildman–Crippen MR) is 61.7 cm³/mol. The van der Waals surface area contributed by atoms with Gasteiger partial charge in [-0.25, -0.2) is 4.79 Å². The Morgan fingerprint density at radius 3 is 2.88 bits per heavy atom. The van der Waals surface area contributed by atoms with E-state index in [1.165, 1.54) is 7.11 Å². The Morgan fingerprint density at radius 1 is 1.62 bits per heavy atom. The first kappa shape index (κ1) is 12.8. The fourth-order valence-electron chi connectivity index (χ4n) is 1.24. The molecule has 0 aliphatic rings. The molecule has 0 saturated heterocycles. The minimum absolute atomic E-state index is 0.281. The van der Waals surface area contributed by atoms with E-state index in [1.54, 1.807) is 18.2 Å². The molecule has 0 amide bonds. The van der Waals surface area contributed by atoms with Gasteiger partial charge >= 0.3 is 5.97 Å². The smallest absolute Gasteiger partial charge is 0.339 e. The molecule has 16 heavy (non-hydrogen) atoms. The number of carbonyl (C=O) groups is 1. The minimum atomic E-state index is -0.662. The number of benzene rings is 1. The van der Waals surface area contributed by atoms with Gasteiger partial charge in [0.25, 0.3) is 0 Å². The van der Waals surface area contributed by atoms with Crippen molar-refractivity contribution in [2.24, 2.45) is 0 Å². The summed E-state index contributed by atoms with van der Waals surface area (Å²) in [4.78, 5) is 11.3. The largest absolute Gasteiger partial charge is 0.465 e. The van der Waals surface area contributed by atoms with Crippen LogP contribution in [0.25, 0.3) is 0 Å². The summed E-state index contributed by atoms with van der Waals surface area (Å²) in [6.45, 7) is 0. The Hall–Kier alpha value is -1.24. The molecule has 0 aliphatic carbocycles. The molecular weight excluding hydrogens is 249 g/mol. The number of halogens is 2. The molecule has 5 heteroatoms. The summed E-state index contributed by atoms with van der Waals surface area (Å²) in [5.41, 5.74) is 0.939. The predicted octanol–water partition coefficient (Wildman–Crippen LogP) is 2.80. The molecule has 1 atom stereocenters. The topological polar surface area (TPSA) is 50.1 Å². The maximum atomic E-state index is 11.3. The van der Waals surface area contributed by atoms with Crippen molar-refractivity contribution in [2.75, 3.05) is 7.11 Å². The van der Waals surface area contributed by atoms with Gasteiger partial charge in [-0.15, -0.1) is 11.6 Å². The van der Waals surface area contributed by atoms with Crippen molar-refractivity contribution in [3.63, 3.8) is 0 Å². The van der Waals surface area contributed by atoms with E-state index in [-0.39, 0.29) is 10.6 Å². The molecule has 3 nitrogen and oxygen atoms in total. The van der Waals surface area contributed by atoms with Crippen LogP contribution >= 0.6 is 23.2 Å². The normalized spacial score (nSPS) is 11.6. The zero-order valence-corrected chi connectivity index (χ0v) is 10.0. The third-order valence-electron chi connectivity index (χ3n) is 2.02. The lowest BCUT2D eigenvalue weighted by Gasteiger charge is -2.08. The first-order valence-electron chi connectivity index (χ1n) is 4.49. The average Bonchev–Trinajstić information content (AvgIpc) is 2.30. The SMILES string of the molecule is COC(=O)c1cccc(CC(Cl)C#N)c1Cl. The van der Waals surface area contributed by atoms with Crippen LogP contribution in [0.3, 0.4) is 0 Å². The van der Waals surface area contributed by atoms with Crippen molar-refractivity contribution in [3.05, 3.63) is 34.3 Å². The molecule has 1 aromatic carbocycles. The van der Waals surface area contributed by atoms with Crippen LogP contribution in [0.1, 0.15) is 15.9 Å². The lowest BCUT2D eigenvalue weighted by molar-refractivity contribution is 0.0601. The second-order valence-electron chi connectivity index (χ2n) is 3.07. The van der Waals surface area contributed by atoms with Crippen molar-refractivity contribution in [1.82, 2.24) is 0 Å². The zero-order chi connectivity index (χ0) is 12.1.